The molecule has 11 heteroatoms. The lowest BCUT2D eigenvalue weighted by molar-refractivity contribution is -0.0817. The van der Waals surface area contributed by atoms with Crippen molar-refractivity contribution < 1.29 is 23.7 Å². The van der Waals surface area contributed by atoms with Crippen molar-refractivity contribution in [3.8, 4) is 11.5 Å². The number of thiophene rings is 1. The van der Waals surface area contributed by atoms with Crippen molar-refractivity contribution in [1.29, 1.82) is 0 Å². The highest BCUT2D eigenvalue weighted by molar-refractivity contribution is 7.25. The largest absolute Gasteiger partial charge is 0.497 e. The molecule has 10 nitrogen and oxygen atoms in total. The SMILES string of the molecule is COc1ccc(COC[C@H]2O[C@@H](n3cnc4sc5c(=O)[nH]cnc5c43)C[C@H]2OCc2ccc(OC)cc2)cc1. The summed E-state index contributed by atoms with van der Waals surface area (Å²) in [4.78, 5) is 24.6. The molecule has 0 aliphatic carbocycles. The standard InChI is InChI=1S/C28H28N4O6S/c1-34-19-7-3-17(4-8-19)12-36-14-22-21(37-13-18-5-9-20(35-2)10-6-18)11-23(38-22)32-16-31-28-25(32)24-26(39-28)27(33)30-15-29-24/h3-10,15-16,21-23H,11-14H2,1-2H3,(H,29,30,33)/t21-,22-,23-/m1/s1. The summed E-state index contributed by atoms with van der Waals surface area (Å²) in [5, 5.41) is 0. The molecule has 39 heavy (non-hydrogen) atoms. The summed E-state index contributed by atoms with van der Waals surface area (Å²) in [7, 11) is 3.29. The van der Waals surface area contributed by atoms with Gasteiger partial charge in [0.05, 0.1) is 52.8 Å². The number of imidazole rings is 1. The molecule has 4 heterocycles. The zero-order valence-electron chi connectivity index (χ0n) is 21.5. The van der Waals surface area contributed by atoms with Crippen LogP contribution in [0.4, 0.5) is 0 Å². The predicted molar refractivity (Wildman–Crippen MR) is 146 cm³/mol. The minimum absolute atomic E-state index is 0.174. The van der Waals surface area contributed by atoms with Crippen molar-refractivity contribution in [2.75, 3.05) is 20.8 Å². The number of rotatable bonds is 10. The zero-order valence-corrected chi connectivity index (χ0v) is 22.3. The van der Waals surface area contributed by atoms with Gasteiger partial charge in [-0.3, -0.25) is 4.79 Å². The fourth-order valence-corrected chi connectivity index (χ4v) is 5.73. The summed E-state index contributed by atoms with van der Waals surface area (Å²) in [5.74, 6) is 1.60. The van der Waals surface area contributed by atoms with Crippen molar-refractivity contribution in [2.45, 2.75) is 38.1 Å². The Hall–Kier alpha value is -3.77. The maximum atomic E-state index is 12.3. The van der Waals surface area contributed by atoms with Gasteiger partial charge in [-0.25, -0.2) is 9.97 Å². The molecule has 6 rings (SSSR count). The number of nitrogens with zero attached hydrogens (tertiary/aromatic N) is 3. The number of H-pyrrole nitrogens is 1. The summed E-state index contributed by atoms with van der Waals surface area (Å²) in [5.41, 5.74) is 3.31. The first-order chi connectivity index (χ1) is 19.1. The molecule has 0 radical (unpaired) electrons. The predicted octanol–water partition coefficient (Wildman–Crippen LogP) is 4.44. The van der Waals surface area contributed by atoms with E-state index < -0.39 is 0 Å². The molecular weight excluding hydrogens is 520 g/mol. The van der Waals surface area contributed by atoms with Gasteiger partial charge >= 0.3 is 0 Å². The summed E-state index contributed by atoms with van der Waals surface area (Å²) in [6, 6.07) is 15.6. The number of nitrogens with one attached hydrogen (secondary N) is 1. The van der Waals surface area contributed by atoms with Gasteiger partial charge < -0.3 is 33.2 Å². The minimum atomic E-state index is -0.343. The number of hydrogen-bond donors (Lipinski definition) is 1. The monoisotopic (exact) mass is 548 g/mol. The van der Waals surface area contributed by atoms with E-state index in [4.69, 9.17) is 23.7 Å². The molecule has 3 aromatic heterocycles. The van der Waals surface area contributed by atoms with E-state index in [1.54, 1.807) is 20.5 Å². The molecule has 202 valence electrons. The summed E-state index contributed by atoms with van der Waals surface area (Å²) in [6.07, 6.45) is 2.90. The average molecular weight is 549 g/mol. The van der Waals surface area contributed by atoms with E-state index >= 15 is 0 Å². The second-order valence-electron chi connectivity index (χ2n) is 9.24. The molecule has 1 saturated heterocycles. The van der Waals surface area contributed by atoms with E-state index in [0.29, 0.717) is 36.5 Å². The maximum Gasteiger partial charge on any atom is 0.268 e. The Morgan fingerprint density at radius 1 is 1.00 bits per heavy atom. The Labute approximate surface area is 228 Å². The van der Waals surface area contributed by atoms with Crippen molar-refractivity contribution in [3.63, 3.8) is 0 Å². The fourth-order valence-electron chi connectivity index (χ4n) is 4.74. The molecule has 0 spiro atoms. The second-order valence-corrected chi connectivity index (χ2v) is 10.2. The van der Waals surface area contributed by atoms with Crippen LogP contribution in [-0.2, 0) is 27.4 Å². The van der Waals surface area contributed by atoms with Gasteiger partial charge in [-0.05, 0) is 35.4 Å². The molecule has 1 fully saturated rings. The van der Waals surface area contributed by atoms with Crippen LogP contribution in [0.3, 0.4) is 0 Å². The molecule has 0 bridgehead atoms. The van der Waals surface area contributed by atoms with Gasteiger partial charge in [0, 0.05) is 6.42 Å². The van der Waals surface area contributed by atoms with Crippen LogP contribution in [0.2, 0.25) is 0 Å². The number of hydrogen-bond acceptors (Lipinski definition) is 9. The molecule has 5 aromatic rings. The van der Waals surface area contributed by atoms with Crippen LogP contribution in [0.25, 0.3) is 20.6 Å². The van der Waals surface area contributed by atoms with Crippen LogP contribution in [0.5, 0.6) is 11.5 Å². The van der Waals surface area contributed by atoms with Crippen molar-refractivity contribution in [1.82, 2.24) is 19.5 Å². The Morgan fingerprint density at radius 2 is 1.69 bits per heavy atom. The summed E-state index contributed by atoms with van der Waals surface area (Å²) >= 11 is 1.33. The number of aromatic amines is 1. The lowest BCUT2D eigenvalue weighted by atomic mass is 10.1. The zero-order chi connectivity index (χ0) is 26.8. The third-order valence-electron chi connectivity index (χ3n) is 6.82. The van der Waals surface area contributed by atoms with Gasteiger partial charge in [0.1, 0.15) is 44.4 Å². The van der Waals surface area contributed by atoms with Crippen LogP contribution in [0.15, 0.2) is 66.0 Å². The molecule has 1 N–H and O–H groups in total. The Bertz CT molecular complexity index is 1610. The summed E-state index contributed by atoms with van der Waals surface area (Å²) in [6.45, 7) is 1.23. The van der Waals surface area contributed by atoms with E-state index in [1.165, 1.54) is 17.7 Å². The Morgan fingerprint density at radius 3 is 2.38 bits per heavy atom. The van der Waals surface area contributed by atoms with Crippen LogP contribution < -0.4 is 15.0 Å². The lowest BCUT2D eigenvalue weighted by Gasteiger charge is -2.19. The van der Waals surface area contributed by atoms with Gasteiger partial charge in [-0.15, -0.1) is 11.3 Å². The van der Waals surface area contributed by atoms with E-state index in [2.05, 4.69) is 15.0 Å². The highest BCUT2D eigenvalue weighted by Gasteiger charge is 2.38. The molecule has 2 aromatic carbocycles. The van der Waals surface area contributed by atoms with Crippen molar-refractivity contribution in [3.05, 3.63) is 82.7 Å². The van der Waals surface area contributed by atoms with Crippen molar-refractivity contribution >= 4 is 31.9 Å². The first kappa shape index (κ1) is 25.5. The van der Waals surface area contributed by atoms with Gasteiger partial charge in [0.15, 0.2) is 0 Å². The van der Waals surface area contributed by atoms with E-state index in [9.17, 15) is 4.79 Å². The number of methoxy groups -OCH3 is 2. The molecule has 0 unspecified atom stereocenters. The number of benzene rings is 2. The minimum Gasteiger partial charge on any atom is -0.497 e. The molecule has 1 aliphatic heterocycles. The maximum absolute atomic E-state index is 12.3. The smallest absolute Gasteiger partial charge is 0.268 e. The topological polar surface area (TPSA) is 110 Å². The van der Waals surface area contributed by atoms with Crippen LogP contribution in [0.1, 0.15) is 23.8 Å². The Kier molecular flexibility index (Phi) is 7.29. The van der Waals surface area contributed by atoms with E-state index in [0.717, 1.165) is 33.0 Å². The Balaban J connectivity index is 1.20. The highest BCUT2D eigenvalue weighted by atomic mass is 32.1. The fraction of sp³-hybridized carbons (Fsp3) is 0.321. The first-order valence-electron chi connectivity index (χ1n) is 12.6. The van der Waals surface area contributed by atoms with E-state index in [-0.39, 0.29) is 24.0 Å². The normalized spacial score (nSPS) is 19.2. The summed E-state index contributed by atoms with van der Waals surface area (Å²) < 4.78 is 31.9. The van der Waals surface area contributed by atoms with Crippen LogP contribution in [-0.4, -0.2) is 52.6 Å². The average Bonchev–Trinajstić information content (AvgIpc) is 3.67. The third kappa shape index (κ3) is 5.26. The molecule has 0 amide bonds. The second kappa shape index (κ2) is 11.1. The molecule has 3 atom stereocenters. The van der Waals surface area contributed by atoms with Gasteiger partial charge in [-0.1, -0.05) is 24.3 Å². The van der Waals surface area contributed by atoms with Crippen molar-refractivity contribution in [2.24, 2.45) is 0 Å². The number of fused-ring (bicyclic) bond motifs is 3. The van der Waals surface area contributed by atoms with Gasteiger partial charge in [-0.2, -0.15) is 0 Å². The number of aromatic nitrogens is 4. The first-order valence-corrected chi connectivity index (χ1v) is 13.4. The van der Waals surface area contributed by atoms with Gasteiger partial charge in [0.2, 0.25) is 0 Å². The van der Waals surface area contributed by atoms with Crippen LogP contribution >= 0.6 is 11.3 Å². The highest BCUT2D eigenvalue weighted by Crippen LogP contribution is 2.37. The molecule has 0 saturated carbocycles. The molecule has 1 aliphatic rings. The third-order valence-corrected chi connectivity index (χ3v) is 7.89. The van der Waals surface area contributed by atoms with Gasteiger partial charge in [0.25, 0.3) is 5.56 Å². The lowest BCUT2D eigenvalue weighted by Crippen LogP contribution is -2.29. The van der Waals surface area contributed by atoms with Crippen LogP contribution in [0, 0.1) is 0 Å². The quantitative estimate of drug-likeness (QED) is 0.273. The molecular formula is C28H28N4O6S. The van der Waals surface area contributed by atoms with E-state index in [1.807, 2.05) is 53.1 Å². The number of ether oxygens (including phenoxy) is 5.